The Morgan fingerprint density at radius 1 is 1.28 bits per heavy atom. The van der Waals surface area contributed by atoms with Gasteiger partial charge in [0.15, 0.2) is 6.10 Å². The smallest absolute Gasteiger partial charge is 0.306 e. The van der Waals surface area contributed by atoms with E-state index >= 15 is 0 Å². The first-order valence-electron chi connectivity index (χ1n) is 5.93. The maximum Gasteiger partial charge on any atom is 0.306 e. The molecule has 1 unspecified atom stereocenters. The molecule has 0 aromatic rings. The number of carboxylic acid groups (broad SMARTS) is 1. The van der Waals surface area contributed by atoms with Gasteiger partial charge in [0.05, 0.1) is 21.1 Å². The number of carbonyl (C=O) groups excluding carboxylic acids is 2. The summed E-state index contributed by atoms with van der Waals surface area (Å²) in [7, 11) is 7.27. The number of carboxylic acids is 1. The zero-order chi connectivity index (χ0) is 14.2. The van der Waals surface area contributed by atoms with E-state index in [0.717, 1.165) is 0 Å². The molecular weight excluding hydrogens is 238 g/mol. The molecule has 0 aliphatic heterocycles. The number of ether oxygens (including phenoxy) is 2. The van der Waals surface area contributed by atoms with Crippen LogP contribution in [0.25, 0.3) is 0 Å². The van der Waals surface area contributed by atoms with Gasteiger partial charge >= 0.3 is 5.97 Å². The summed E-state index contributed by atoms with van der Waals surface area (Å²) in [6, 6.07) is 0. The van der Waals surface area contributed by atoms with Crippen molar-refractivity contribution in [1.29, 1.82) is 0 Å². The molecule has 0 heterocycles. The Morgan fingerprint density at radius 3 is 2.33 bits per heavy atom. The van der Waals surface area contributed by atoms with Crippen LogP contribution in [-0.4, -0.2) is 63.9 Å². The minimum atomic E-state index is -1.21. The SMILES string of the molecule is COCCCC(=O)OC(CC(=O)[O-])C[N+](C)(C)C. The zero-order valence-electron chi connectivity index (χ0n) is 11.6. The Balaban J connectivity index is 4.22. The second-order valence-electron chi connectivity index (χ2n) is 5.26. The third kappa shape index (κ3) is 10.0. The molecule has 0 rings (SSSR count). The quantitative estimate of drug-likeness (QED) is 0.308. The molecule has 0 amide bonds. The summed E-state index contributed by atoms with van der Waals surface area (Å²) >= 11 is 0. The molecule has 0 N–H and O–H groups in total. The number of quaternary nitrogens is 1. The average molecular weight is 261 g/mol. The molecule has 106 valence electrons. The number of nitrogens with zero attached hydrogens (tertiary/aromatic N) is 1. The van der Waals surface area contributed by atoms with Crippen molar-refractivity contribution >= 4 is 11.9 Å². The highest BCUT2D eigenvalue weighted by Gasteiger charge is 2.22. The van der Waals surface area contributed by atoms with E-state index in [1.807, 2.05) is 21.1 Å². The van der Waals surface area contributed by atoms with Crippen molar-refractivity contribution in [1.82, 2.24) is 0 Å². The number of methoxy groups -OCH3 is 1. The van der Waals surface area contributed by atoms with Crippen molar-refractivity contribution < 1.29 is 28.7 Å². The predicted molar refractivity (Wildman–Crippen MR) is 63.5 cm³/mol. The topological polar surface area (TPSA) is 75.7 Å². The van der Waals surface area contributed by atoms with Crippen LogP contribution in [0.1, 0.15) is 19.3 Å². The van der Waals surface area contributed by atoms with Crippen molar-refractivity contribution in [2.75, 3.05) is 41.4 Å². The van der Waals surface area contributed by atoms with Crippen LogP contribution in [0, 0.1) is 0 Å². The van der Waals surface area contributed by atoms with E-state index in [0.29, 0.717) is 24.1 Å². The Bertz CT molecular complexity index is 272. The number of hydrogen-bond acceptors (Lipinski definition) is 5. The third-order valence-electron chi connectivity index (χ3n) is 2.17. The van der Waals surface area contributed by atoms with Gasteiger partial charge in [-0.3, -0.25) is 4.79 Å². The van der Waals surface area contributed by atoms with Crippen molar-refractivity contribution in [3.8, 4) is 0 Å². The fourth-order valence-corrected chi connectivity index (χ4v) is 1.55. The maximum absolute atomic E-state index is 11.5. The standard InChI is InChI=1S/C12H23NO5/c1-13(2,3)9-10(8-11(14)15)18-12(16)6-5-7-17-4/h10H,5-9H2,1-4H3. The van der Waals surface area contributed by atoms with E-state index in [1.54, 1.807) is 7.11 Å². The second kappa shape index (κ2) is 8.05. The normalized spacial score (nSPS) is 13.1. The van der Waals surface area contributed by atoms with Crippen LogP contribution >= 0.6 is 0 Å². The number of hydrogen-bond donors (Lipinski definition) is 0. The zero-order valence-corrected chi connectivity index (χ0v) is 11.6. The lowest BCUT2D eigenvalue weighted by atomic mass is 10.2. The Kier molecular flexibility index (Phi) is 7.54. The molecule has 0 radical (unpaired) electrons. The van der Waals surface area contributed by atoms with E-state index in [4.69, 9.17) is 9.47 Å². The van der Waals surface area contributed by atoms with Crippen molar-refractivity contribution in [2.45, 2.75) is 25.4 Å². The molecule has 18 heavy (non-hydrogen) atoms. The molecule has 0 aliphatic rings. The largest absolute Gasteiger partial charge is 0.550 e. The number of likely N-dealkylation sites (N-methyl/N-ethyl adjacent to an activating group) is 1. The van der Waals surface area contributed by atoms with Crippen LogP contribution in [0.4, 0.5) is 0 Å². The Labute approximate surface area is 108 Å². The van der Waals surface area contributed by atoms with Gasteiger partial charge in [0.1, 0.15) is 6.54 Å². The monoisotopic (exact) mass is 261 g/mol. The number of esters is 1. The van der Waals surface area contributed by atoms with Gasteiger partial charge in [-0.05, 0) is 6.42 Å². The summed E-state index contributed by atoms with van der Waals surface area (Å²) < 4.78 is 10.5. The molecule has 0 aliphatic carbocycles. The number of rotatable bonds is 9. The van der Waals surface area contributed by atoms with E-state index < -0.39 is 18.0 Å². The second-order valence-corrected chi connectivity index (χ2v) is 5.26. The number of aliphatic carboxylic acids is 1. The lowest BCUT2D eigenvalue weighted by Gasteiger charge is -2.29. The van der Waals surface area contributed by atoms with Crippen LogP contribution in [0.2, 0.25) is 0 Å². The molecule has 6 nitrogen and oxygen atoms in total. The highest BCUT2D eigenvalue weighted by atomic mass is 16.5. The lowest BCUT2D eigenvalue weighted by Crippen LogP contribution is -2.45. The molecule has 0 saturated heterocycles. The molecule has 0 bridgehead atoms. The third-order valence-corrected chi connectivity index (χ3v) is 2.17. The van der Waals surface area contributed by atoms with Gasteiger partial charge in [-0.2, -0.15) is 0 Å². The van der Waals surface area contributed by atoms with Crippen molar-refractivity contribution in [2.24, 2.45) is 0 Å². The molecule has 6 heteroatoms. The first-order chi connectivity index (χ1) is 8.24. The minimum absolute atomic E-state index is 0.231. The first kappa shape index (κ1) is 16.9. The summed E-state index contributed by atoms with van der Waals surface area (Å²) in [5, 5.41) is 10.6. The number of carbonyl (C=O) groups is 2. The molecule has 0 fully saturated rings. The lowest BCUT2D eigenvalue weighted by molar-refractivity contribution is -0.873. The average Bonchev–Trinajstić information content (AvgIpc) is 2.13. The summed E-state index contributed by atoms with van der Waals surface area (Å²) in [6.45, 7) is 0.916. The molecule has 0 aromatic heterocycles. The molecule has 1 atom stereocenters. The maximum atomic E-state index is 11.5. The van der Waals surface area contributed by atoms with E-state index in [2.05, 4.69) is 0 Å². The van der Waals surface area contributed by atoms with Gasteiger partial charge in [-0.1, -0.05) is 0 Å². The van der Waals surface area contributed by atoms with Crippen molar-refractivity contribution in [3.05, 3.63) is 0 Å². The van der Waals surface area contributed by atoms with Crippen molar-refractivity contribution in [3.63, 3.8) is 0 Å². The van der Waals surface area contributed by atoms with Crippen LogP contribution < -0.4 is 5.11 Å². The first-order valence-corrected chi connectivity index (χ1v) is 5.93. The minimum Gasteiger partial charge on any atom is -0.550 e. The van der Waals surface area contributed by atoms with Crippen LogP contribution in [0.5, 0.6) is 0 Å². The fourth-order valence-electron chi connectivity index (χ4n) is 1.55. The summed E-state index contributed by atoms with van der Waals surface area (Å²) in [4.78, 5) is 22.1. The molecular formula is C12H23NO5. The van der Waals surface area contributed by atoms with Gasteiger partial charge in [-0.15, -0.1) is 0 Å². The van der Waals surface area contributed by atoms with Crippen LogP contribution in [0.15, 0.2) is 0 Å². The fraction of sp³-hybridized carbons (Fsp3) is 0.833. The van der Waals surface area contributed by atoms with E-state index in [9.17, 15) is 14.7 Å². The summed E-state index contributed by atoms with van der Waals surface area (Å²) in [5.41, 5.74) is 0. The van der Waals surface area contributed by atoms with Crippen LogP contribution in [-0.2, 0) is 19.1 Å². The highest BCUT2D eigenvalue weighted by molar-refractivity contribution is 5.70. The Hall–Kier alpha value is -1.14. The molecule has 0 saturated carbocycles. The van der Waals surface area contributed by atoms with Crippen LogP contribution in [0.3, 0.4) is 0 Å². The van der Waals surface area contributed by atoms with E-state index in [-0.39, 0.29) is 12.8 Å². The Morgan fingerprint density at radius 2 is 1.89 bits per heavy atom. The van der Waals surface area contributed by atoms with E-state index in [1.165, 1.54) is 0 Å². The van der Waals surface area contributed by atoms with Gasteiger partial charge in [0.2, 0.25) is 0 Å². The van der Waals surface area contributed by atoms with Gasteiger partial charge in [0, 0.05) is 32.5 Å². The molecule has 0 spiro atoms. The van der Waals surface area contributed by atoms with Gasteiger partial charge in [-0.25, -0.2) is 0 Å². The molecule has 0 aromatic carbocycles. The van der Waals surface area contributed by atoms with Gasteiger partial charge < -0.3 is 23.9 Å². The highest BCUT2D eigenvalue weighted by Crippen LogP contribution is 2.06. The van der Waals surface area contributed by atoms with Gasteiger partial charge in [0.25, 0.3) is 0 Å². The summed E-state index contributed by atoms with van der Waals surface area (Å²) in [6.07, 6.45) is -0.122. The summed E-state index contributed by atoms with van der Waals surface area (Å²) in [5.74, 6) is -1.61. The predicted octanol–water partition coefficient (Wildman–Crippen LogP) is -0.829.